The second-order valence-corrected chi connectivity index (χ2v) is 5.99. The second kappa shape index (κ2) is 6.55. The fourth-order valence-corrected chi connectivity index (χ4v) is 3.10. The van der Waals surface area contributed by atoms with E-state index in [-0.39, 0.29) is 31.4 Å². The van der Waals surface area contributed by atoms with Gasteiger partial charge in [0.05, 0.1) is 13.2 Å². The van der Waals surface area contributed by atoms with Crippen LogP contribution in [0, 0.1) is 5.92 Å². The lowest BCUT2D eigenvalue weighted by Gasteiger charge is -2.33. The highest BCUT2D eigenvalue weighted by Crippen LogP contribution is 2.52. The Bertz CT molecular complexity index is 678. The lowest BCUT2D eigenvalue weighted by Crippen LogP contribution is -2.53. The van der Waals surface area contributed by atoms with Gasteiger partial charge < -0.3 is 19.5 Å². The van der Waals surface area contributed by atoms with E-state index >= 15 is 0 Å². The summed E-state index contributed by atoms with van der Waals surface area (Å²) in [4.78, 5) is 25.1. The molecular weight excluding hydrogens is 343 g/mol. The number of ether oxygens (including phenoxy) is 2. The Morgan fingerprint density at radius 3 is 2.68 bits per heavy atom. The summed E-state index contributed by atoms with van der Waals surface area (Å²) in [6, 6.07) is 4.63. The standard InChI is InChI=1S/C16H16F3NO5/c17-16(18,19)25-13-4-2-1-3-9(13)10-7-11(10)14(21)20-5-6-24-8-12(20)15(22)23/h1-4,10-12H,5-8H2,(H,22,23)/t10-,11+,12-/m0/s1. The summed E-state index contributed by atoms with van der Waals surface area (Å²) in [5, 5.41) is 9.20. The third kappa shape index (κ3) is 3.87. The molecule has 1 heterocycles. The molecule has 3 atom stereocenters. The molecule has 0 aromatic heterocycles. The number of carboxylic acid groups (broad SMARTS) is 1. The van der Waals surface area contributed by atoms with Crippen molar-refractivity contribution in [1.82, 2.24) is 4.90 Å². The van der Waals surface area contributed by atoms with Gasteiger partial charge in [-0.05, 0) is 24.0 Å². The Morgan fingerprint density at radius 2 is 2.00 bits per heavy atom. The summed E-state index contributed by atoms with van der Waals surface area (Å²) in [6.07, 6.45) is -4.45. The van der Waals surface area contributed by atoms with E-state index in [2.05, 4.69) is 4.74 Å². The zero-order valence-corrected chi connectivity index (χ0v) is 13.0. The number of amides is 1. The molecule has 0 bridgehead atoms. The minimum atomic E-state index is -4.82. The number of carboxylic acids is 1. The molecule has 1 aromatic carbocycles. The molecule has 0 spiro atoms. The minimum absolute atomic E-state index is 0.0910. The molecule has 0 radical (unpaired) electrons. The number of morpholine rings is 1. The van der Waals surface area contributed by atoms with Crippen LogP contribution >= 0.6 is 0 Å². The average Bonchev–Trinajstić information content (AvgIpc) is 3.33. The van der Waals surface area contributed by atoms with Gasteiger partial charge in [0.1, 0.15) is 5.75 Å². The van der Waals surface area contributed by atoms with Crippen LogP contribution in [0.25, 0.3) is 0 Å². The zero-order valence-electron chi connectivity index (χ0n) is 13.0. The Labute approximate surface area is 141 Å². The maximum atomic E-state index is 12.6. The van der Waals surface area contributed by atoms with Crippen LogP contribution in [-0.2, 0) is 14.3 Å². The van der Waals surface area contributed by atoms with Gasteiger partial charge in [0.2, 0.25) is 5.91 Å². The summed E-state index contributed by atoms with van der Waals surface area (Å²) in [7, 11) is 0. The topological polar surface area (TPSA) is 76.1 Å². The van der Waals surface area contributed by atoms with E-state index in [0.29, 0.717) is 12.0 Å². The quantitative estimate of drug-likeness (QED) is 0.890. The lowest BCUT2D eigenvalue weighted by molar-refractivity contribution is -0.274. The average molecular weight is 359 g/mol. The molecule has 1 saturated carbocycles. The number of halogens is 3. The number of para-hydroxylation sites is 1. The Hall–Kier alpha value is -2.29. The molecule has 25 heavy (non-hydrogen) atoms. The Balaban J connectivity index is 1.74. The van der Waals surface area contributed by atoms with Crippen molar-refractivity contribution < 1.29 is 37.3 Å². The lowest BCUT2D eigenvalue weighted by atomic mass is 10.1. The van der Waals surface area contributed by atoms with Gasteiger partial charge in [-0.3, -0.25) is 4.79 Å². The van der Waals surface area contributed by atoms with Crippen LogP contribution in [0.5, 0.6) is 5.75 Å². The summed E-state index contributed by atoms with van der Waals surface area (Å²) >= 11 is 0. The summed E-state index contributed by atoms with van der Waals surface area (Å²) < 4.78 is 46.7. The third-order valence-electron chi connectivity index (χ3n) is 4.35. The predicted octanol–water partition coefficient (Wildman–Crippen LogP) is 2.00. The number of hydrogen-bond acceptors (Lipinski definition) is 4. The normalized spacial score (nSPS) is 26.2. The first-order valence-electron chi connectivity index (χ1n) is 7.73. The first kappa shape index (κ1) is 17.5. The van der Waals surface area contributed by atoms with Crippen molar-refractivity contribution in [3.8, 4) is 5.75 Å². The smallest absolute Gasteiger partial charge is 0.480 e. The number of nitrogens with zero attached hydrogens (tertiary/aromatic N) is 1. The highest BCUT2D eigenvalue weighted by Gasteiger charge is 2.49. The number of hydrogen-bond donors (Lipinski definition) is 1. The van der Waals surface area contributed by atoms with Crippen LogP contribution in [0.1, 0.15) is 17.9 Å². The van der Waals surface area contributed by atoms with Crippen molar-refractivity contribution in [2.45, 2.75) is 24.7 Å². The van der Waals surface area contributed by atoms with Crippen molar-refractivity contribution >= 4 is 11.9 Å². The van der Waals surface area contributed by atoms with Gasteiger partial charge in [0.25, 0.3) is 0 Å². The molecule has 3 rings (SSSR count). The van der Waals surface area contributed by atoms with Crippen molar-refractivity contribution in [1.29, 1.82) is 0 Å². The Kier molecular flexibility index (Phi) is 4.59. The molecule has 1 aromatic rings. The van der Waals surface area contributed by atoms with Gasteiger partial charge >= 0.3 is 12.3 Å². The van der Waals surface area contributed by atoms with Crippen LogP contribution in [0.15, 0.2) is 24.3 Å². The second-order valence-electron chi connectivity index (χ2n) is 5.99. The van der Waals surface area contributed by atoms with Gasteiger partial charge in [-0.1, -0.05) is 18.2 Å². The van der Waals surface area contributed by atoms with Crippen LogP contribution in [0.3, 0.4) is 0 Å². The van der Waals surface area contributed by atoms with E-state index in [1.54, 1.807) is 6.07 Å². The van der Waals surface area contributed by atoms with Crippen molar-refractivity contribution in [3.63, 3.8) is 0 Å². The highest BCUT2D eigenvalue weighted by molar-refractivity contribution is 5.88. The zero-order chi connectivity index (χ0) is 18.2. The molecule has 1 N–H and O–H groups in total. The minimum Gasteiger partial charge on any atom is -0.480 e. The molecule has 1 aliphatic heterocycles. The number of aliphatic carboxylic acids is 1. The summed E-state index contributed by atoms with van der Waals surface area (Å²) in [5.41, 5.74) is 0.304. The van der Waals surface area contributed by atoms with Crippen LogP contribution in [-0.4, -0.2) is 54.0 Å². The van der Waals surface area contributed by atoms with Crippen LogP contribution < -0.4 is 4.74 Å². The monoisotopic (exact) mass is 359 g/mol. The summed E-state index contributed by atoms with van der Waals surface area (Å²) in [6.45, 7) is 0.298. The molecule has 1 aliphatic carbocycles. The van der Waals surface area contributed by atoms with Crippen molar-refractivity contribution in [2.75, 3.05) is 19.8 Å². The maximum Gasteiger partial charge on any atom is 0.573 e. The van der Waals surface area contributed by atoms with E-state index in [4.69, 9.17) is 4.74 Å². The fourth-order valence-electron chi connectivity index (χ4n) is 3.10. The van der Waals surface area contributed by atoms with Gasteiger partial charge in [-0.15, -0.1) is 13.2 Å². The SMILES string of the molecule is O=C(O)[C@@H]1COCCN1C(=O)[C@@H]1C[C@H]1c1ccccc1OC(F)(F)F. The van der Waals surface area contributed by atoms with Crippen LogP contribution in [0.2, 0.25) is 0 Å². The molecule has 2 aliphatic rings. The fraction of sp³-hybridized carbons (Fsp3) is 0.500. The van der Waals surface area contributed by atoms with Gasteiger partial charge in [-0.2, -0.15) is 0 Å². The Morgan fingerprint density at radius 1 is 1.28 bits per heavy atom. The highest BCUT2D eigenvalue weighted by atomic mass is 19.4. The molecule has 1 saturated heterocycles. The first-order valence-corrected chi connectivity index (χ1v) is 7.73. The van der Waals surface area contributed by atoms with Gasteiger partial charge in [-0.25, -0.2) is 4.79 Å². The van der Waals surface area contributed by atoms with Gasteiger partial charge in [0, 0.05) is 12.5 Å². The molecule has 136 valence electrons. The van der Waals surface area contributed by atoms with E-state index < -0.39 is 30.2 Å². The number of alkyl halides is 3. The van der Waals surface area contributed by atoms with E-state index in [0.717, 1.165) is 0 Å². The number of carbonyl (C=O) groups is 2. The molecule has 2 fully saturated rings. The molecular formula is C16H16F3NO5. The van der Waals surface area contributed by atoms with Crippen molar-refractivity contribution in [3.05, 3.63) is 29.8 Å². The van der Waals surface area contributed by atoms with E-state index in [9.17, 15) is 27.9 Å². The number of benzene rings is 1. The van der Waals surface area contributed by atoms with E-state index in [1.807, 2.05) is 0 Å². The predicted molar refractivity (Wildman–Crippen MR) is 77.9 cm³/mol. The van der Waals surface area contributed by atoms with Gasteiger partial charge in [0.15, 0.2) is 6.04 Å². The third-order valence-corrected chi connectivity index (χ3v) is 4.35. The number of rotatable bonds is 4. The largest absolute Gasteiger partial charge is 0.573 e. The molecule has 1 amide bonds. The summed E-state index contributed by atoms with van der Waals surface area (Å²) in [5.74, 6) is -2.82. The first-order chi connectivity index (χ1) is 11.8. The van der Waals surface area contributed by atoms with E-state index in [1.165, 1.54) is 23.1 Å². The number of carbonyl (C=O) groups excluding carboxylic acids is 1. The van der Waals surface area contributed by atoms with Crippen molar-refractivity contribution in [2.24, 2.45) is 5.92 Å². The molecule has 9 heteroatoms. The maximum absolute atomic E-state index is 12.6. The van der Waals surface area contributed by atoms with Crippen LogP contribution in [0.4, 0.5) is 13.2 Å². The molecule has 6 nitrogen and oxygen atoms in total. The molecule has 0 unspecified atom stereocenters.